The van der Waals surface area contributed by atoms with Gasteiger partial charge in [-0.25, -0.2) is 0 Å². The Balaban J connectivity index is 0.000000448. The van der Waals surface area contributed by atoms with E-state index in [4.69, 9.17) is 53.8 Å². The standard InChI is InChI=1S/C14H14N2O4.C13H17NO3.C10H16N2O5S.C9H11BrO.C8H5NO2.C6H12N2O2.C6H11NO3.C4H7NO2.C4H4O3S.CH4.H4N2.H2/c17-12-9-20-8-7-15(12)5-6-16-13(18)10-3-1-2-4-11(10)14(16)19;15-13-11-17-9-7-14(13)6-8-16-10-12-4-2-1-3-5-12;13-8(6-18-7-10(15)16)11-1-2-12-3-4-17-5-9(12)14;10-6-7-11-8-9-4-2-1-3-5-9;10-7-5-3-1-2-4-6(5)8(11)9-7;7-1-2-8-3-4-10-5-6(8)9;8-3-1-7-2-4-10-5-6(7)9;6-4-3-7-2-1-5-4;5-3-1-8-2-4(6)7-3;;1-2;/h1-4H,5-9H2;1-5H,6-11H2;1-7H2,(H,11,13)(H,15,16);1-5H,6-8H2;1-4H,(H,9,10,11);1-5,7H2;8H,1-5H2;1-3H2,(H,5,6);1-2H2;1H4;1-2H2;1H. The minimum Gasteiger partial charge on any atom is -0.481 e. The Morgan fingerprint density at radius 2 is 0.913 bits per heavy atom. The molecule has 9 aliphatic heterocycles. The van der Waals surface area contributed by atoms with Gasteiger partial charge in [-0.05, 0) is 35.4 Å². The zero-order chi connectivity index (χ0) is 83.1. The number of nitrogens with one attached hydrogen (secondary N) is 3. The summed E-state index contributed by atoms with van der Waals surface area (Å²) < 4.78 is 44.7. The molecule has 115 heavy (non-hydrogen) atoms. The minimum atomic E-state index is -0.938. The second-order valence-electron chi connectivity index (χ2n) is 24.1. The van der Waals surface area contributed by atoms with Gasteiger partial charge in [-0.15, -0.1) is 23.5 Å². The zero-order valence-electron chi connectivity index (χ0n) is 63.2. The van der Waals surface area contributed by atoms with Gasteiger partial charge in [0.15, 0.2) is 0 Å². The van der Waals surface area contributed by atoms with Crippen molar-refractivity contribution >= 4 is 122 Å². The van der Waals surface area contributed by atoms with Crippen LogP contribution in [0.15, 0.2) is 109 Å². The lowest BCUT2D eigenvalue weighted by Gasteiger charge is -2.28. The van der Waals surface area contributed by atoms with Gasteiger partial charge in [0.2, 0.25) is 41.4 Å². The van der Waals surface area contributed by atoms with Crippen molar-refractivity contribution in [1.82, 2.24) is 45.3 Å². The van der Waals surface area contributed by atoms with Gasteiger partial charge in [0.05, 0.1) is 118 Å². The van der Waals surface area contributed by atoms with Crippen LogP contribution in [0.1, 0.15) is 61.4 Å². The minimum absolute atomic E-state index is 0. The molecule has 0 radical (unpaired) electrons. The molecule has 13 rings (SSSR count). The van der Waals surface area contributed by atoms with Gasteiger partial charge < -0.3 is 93.7 Å². The van der Waals surface area contributed by atoms with Crippen LogP contribution in [0.3, 0.4) is 0 Å². The summed E-state index contributed by atoms with van der Waals surface area (Å²) in [7, 11) is 0. The summed E-state index contributed by atoms with van der Waals surface area (Å²) in [6.07, 6.45) is 0. The van der Waals surface area contributed by atoms with Crippen LogP contribution in [0.25, 0.3) is 0 Å². The first-order chi connectivity index (χ1) is 55.2. The van der Waals surface area contributed by atoms with Crippen molar-refractivity contribution in [2.75, 3.05) is 219 Å². The zero-order valence-corrected chi connectivity index (χ0v) is 66.5. The summed E-state index contributed by atoms with van der Waals surface area (Å²) in [5, 5.41) is 25.3. The molecule has 0 aromatic heterocycles. The van der Waals surface area contributed by atoms with Crippen molar-refractivity contribution < 1.29 is 121 Å². The second-order valence-corrected chi connectivity index (χ2v) is 26.8. The van der Waals surface area contributed by atoms with E-state index in [1.165, 1.54) is 22.2 Å². The number of β-amino-alcohol motifs (C(OH)–C–C–N with tert-alkyl or cyclic N) is 1. The number of morpholine rings is 6. The molecule has 0 atom stereocenters. The third-order valence-electron chi connectivity index (χ3n) is 15.9. The Morgan fingerprint density at radius 1 is 0.513 bits per heavy atom. The molecule has 9 heterocycles. The average Bonchev–Trinajstić information content (AvgIpc) is 1.64. The third kappa shape index (κ3) is 40.8. The van der Waals surface area contributed by atoms with E-state index in [0.29, 0.717) is 178 Å². The summed E-state index contributed by atoms with van der Waals surface area (Å²) in [5.41, 5.74) is 9.48. The third-order valence-corrected chi connectivity index (χ3v) is 18.0. The molecule has 0 unspecified atom stereocenters. The maximum absolute atomic E-state index is 12.1. The van der Waals surface area contributed by atoms with Crippen molar-refractivity contribution in [2.45, 2.75) is 20.6 Å². The van der Waals surface area contributed by atoms with Crippen LogP contribution in [-0.4, -0.2) is 342 Å². The van der Waals surface area contributed by atoms with E-state index >= 15 is 0 Å². The van der Waals surface area contributed by atoms with Crippen LogP contribution in [-0.2, 0) is 104 Å². The molecule has 0 saturated carbocycles. The lowest BCUT2D eigenvalue weighted by molar-refractivity contribution is -0.156. The van der Waals surface area contributed by atoms with Crippen molar-refractivity contribution in [2.24, 2.45) is 17.4 Å². The van der Waals surface area contributed by atoms with Gasteiger partial charge in [0, 0.05) is 98.4 Å². The number of hydrogen-bond acceptors (Lipinski definition) is 29. The lowest BCUT2D eigenvalue weighted by Crippen LogP contribution is -2.46. The normalized spacial score (nSPS) is 16.6. The Morgan fingerprint density at radius 3 is 1.29 bits per heavy atom. The number of carbonyl (C=O) groups excluding carboxylic acids is 13. The molecule has 0 aliphatic carbocycles. The summed E-state index contributed by atoms with van der Waals surface area (Å²) in [4.78, 5) is 164. The van der Waals surface area contributed by atoms with Crippen LogP contribution in [0.2, 0.25) is 0 Å². The van der Waals surface area contributed by atoms with Crippen molar-refractivity contribution in [3.05, 3.63) is 143 Å². The number of hydrogen-bond donors (Lipinski definition) is 8. The second kappa shape index (κ2) is 60.3. The van der Waals surface area contributed by atoms with E-state index in [0.717, 1.165) is 29.3 Å². The van der Waals surface area contributed by atoms with E-state index in [9.17, 15) is 67.1 Å². The predicted molar refractivity (Wildman–Crippen MR) is 427 cm³/mol. The maximum Gasteiger partial charge on any atom is 0.323 e. The van der Waals surface area contributed by atoms with Gasteiger partial charge in [0.25, 0.3) is 23.6 Å². The topological polar surface area (TPSA) is 496 Å². The highest BCUT2D eigenvalue weighted by Crippen LogP contribution is 2.22. The number of hydrazine groups is 1. The molecule has 0 bridgehead atoms. The Hall–Kier alpha value is -9.24. The molecular weight excluding hydrogens is 1610 g/mol. The number of carboxylic acids is 1. The Bertz CT molecular complexity index is 3560. The number of cyclic esters (lactones) is 2. The quantitative estimate of drug-likeness (QED) is 0.00876. The number of halogens is 1. The first-order valence-corrected chi connectivity index (χ1v) is 39.5. The van der Waals surface area contributed by atoms with Crippen LogP contribution in [0, 0.1) is 0 Å². The fraction of sp³-hybridized carbons (Fsp3) is 0.493. The van der Waals surface area contributed by atoms with Crippen LogP contribution in [0.4, 0.5) is 0 Å². The van der Waals surface area contributed by atoms with Gasteiger partial charge in [-0.1, -0.05) is 108 Å². The summed E-state index contributed by atoms with van der Waals surface area (Å²) in [6.45, 7) is 14.6. The predicted octanol–water partition coefficient (Wildman–Crippen LogP) is -0.571. The number of aliphatic hydroxyl groups excluding tert-OH is 1. The number of ether oxygens (including phenoxy) is 9. The van der Waals surface area contributed by atoms with Crippen LogP contribution < -0.4 is 33.4 Å². The summed E-state index contributed by atoms with van der Waals surface area (Å²) >= 11 is 5.63. The van der Waals surface area contributed by atoms with E-state index in [1.54, 1.807) is 73.0 Å². The highest BCUT2D eigenvalue weighted by atomic mass is 79.9. The maximum atomic E-state index is 12.1. The number of carbonyl (C=O) groups is 14. The largest absolute Gasteiger partial charge is 0.481 e. The number of rotatable bonds is 23. The van der Waals surface area contributed by atoms with Gasteiger partial charge in [-0.3, -0.25) is 89.0 Å². The number of imide groups is 2. The van der Waals surface area contributed by atoms with Crippen molar-refractivity contribution in [1.29, 1.82) is 0 Å². The molecule has 7 saturated heterocycles. The number of nitrogens with two attached hydrogens (primary N) is 3. The molecule has 636 valence electrons. The molecule has 7 fully saturated rings. The average molecular weight is 1720 g/mol. The first-order valence-electron chi connectivity index (χ1n) is 36.1. The smallest absolute Gasteiger partial charge is 0.323 e. The molecule has 11 amide bonds. The molecule has 4 aromatic rings. The van der Waals surface area contributed by atoms with Crippen molar-refractivity contribution in [3.8, 4) is 0 Å². The van der Waals surface area contributed by atoms with Crippen molar-refractivity contribution in [3.63, 3.8) is 0 Å². The van der Waals surface area contributed by atoms with Gasteiger partial charge in [0.1, 0.15) is 39.6 Å². The SMILES string of the molecule is BrCCOCc1ccccc1.C.NCCN1CCOCC1=O.NN.O=C(O)CSCC(=O)NCCN1CCOCC1=O.O=C1COCCN1.O=C1COCCN1CCN1C(=O)c2ccccc2C1=O.O=C1COCCN1CCO.O=C1COCCN1CCOCc1ccccc1.O=C1CSCC(=O)O1.O=C1NC(=O)c2ccccc21.[HH]. The van der Waals surface area contributed by atoms with E-state index < -0.39 is 17.9 Å². The Kier molecular flexibility index (Phi) is 52.4. The number of alkyl halides is 1. The molecule has 37 nitrogen and oxygen atoms in total. The lowest BCUT2D eigenvalue weighted by atomic mass is 10.1. The molecule has 0 spiro atoms. The molecule has 11 N–H and O–H groups in total. The fourth-order valence-electron chi connectivity index (χ4n) is 10.2. The first kappa shape index (κ1) is 100.0. The van der Waals surface area contributed by atoms with Gasteiger partial charge in [-0.2, -0.15) is 0 Å². The molecule has 4 aromatic carbocycles. The number of aliphatic carboxylic acids is 1. The molecule has 9 aliphatic rings. The number of aliphatic hydroxyl groups is 1. The van der Waals surface area contributed by atoms with E-state index in [2.05, 4.69) is 60.4 Å². The molecular formula is C75H107BrN12O25S2. The van der Waals surface area contributed by atoms with Crippen LogP contribution >= 0.6 is 39.5 Å². The number of carboxylic acid groups (broad SMARTS) is 1. The van der Waals surface area contributed by atoms with Crippen LogP contribution in [0.5, 0.6) is 0 Å². The number of nitrogens with zero attached hydrogens (tertiary/aromatic N) is 6. The number of esters is 2. The highest BCUT2D eigenvalue weighted by Gasteiger charge is 2.36. The number of fused-ring (bicyclic) bond motifs is 2. The van der Waals surface area contributed by atoms with Gasteiger partial charge >= 0.3 is 17.9 Å². The number of thioether (sulfide) groups is 2. The Labute approximate surface area is 685 Å². The van der Waals surface area contributed by atoms with E-state index in [1.807, 2.05) is 48.5 Å². The highest BCUT2D eigenvalue weighted by molar-refractivity contribution is 9.09. The fourth-order valence-corrected chi connectivity index (χ4v) is 11.6. The molecule has 40 heteroatoms. The summed E-state index contributed by atoms with van der Waals surface area (Å²) in [5.74, 6) is 5.36. The van der Waals surface area contributed by atoms with E-state index in [-0.39, 0.29) is 138 Å². The number of benzene rings is 4. The monoisotopic (exact) mass is 1720 g/mol. The number of amides is 11. The summed E-state index contributed by atoms with van der Waals surface area (Å²) in [6, 6.07) is 33.7.